The largest absolute Gasteiger partial charge is 0.507 e. The van der Waals surface area contributed by atoms with Gasteiger partial charge in [0.25, 0.3) is 5.91 Å². The van der Waals surface area contributed by atoms with Crippen LogP contribution < -0.4 is 15.1 Å². The van der Waals surface area contributed by atoms with Gasteiger partial charge in [0, 0.05) is 12.1 Å². The molecule has 2 N–H and O–H groups in total. The summed E-state index contributed by atoms with van der Waals surface area (Å²) in [5, 5.41) is 14.5. The van der Waals surface area contributed by atoms with E-state index in [0.29, 0.717) is 11.4 Å². The Morgan fingerprint density at radius 2 is 1.49 bits per heavy atom. The van der Waals surface area contributed by atoms with Gasteiger partial charge in [-0.1, -0.05) is 72.8 Å². The first-order chi connectivity index (χ1) is 20.0. The maximum atomic E-state index is 14.5. The molecule has 41 heavy (non-hydrogen) atoms. The summed E-state index contributed by atoms with van der Waals surface area (Å²) >= 11 is 0. The van der Waals surface area contributed by atoms with Gasteiger partial charge in [-0.3, -0.25) is 14.4 Å². The van der Waals surface area contributed by atoms with Gasteiger partial charge < -0.3 is 9.84 Å². The van der Waals surface area contributed by atoms with Crippen LogP contribution in [0.25, 0.3) is 0 Å². The van der Waals surface area contributed by atoms with E-state index in [1.807, 2.05) is 48.5 Å². The highest BCUT2D eigenvalue weighted by molar-refractivity contribution is 6.25. The van der Waals surface area contributed by atoms with Crippen molar-refractivity contribution in [3.63, 3.8) is 0 Å². The van der Waals surface area contributed by atoms with Crippen LogP contribution in [0.1, 0.15) is 38.5 Å². The second-order valence-corrected chi connectivity index (χ2v) is 10.4. The monoisotopic (exact) mass is 543 g/mol. The quantitative estimate of drug-likeness (QED) is 0.221. The summed E-state index contributed by atoms with van der Waals surface area (Å²) in [5.74, 6) is -2.80. The first-order valence-electron chi connectivity index (χ1n) is 13.3. The minimum Gasteiger partial charge on any atom is -0.507 e. The van der Waals surface area contributed by atoms with Gasteiger partial charge in [0.15, 0.2) is 0 Å². The van der Waals surface area contributed by atoms with Gasteiger partial charge in [-0.25, -0.2) is 10.3 Å². The molecule has 3 aliphatic carbocycles. The van der Waals surface area contributed by atoms with E-state index in [9.17, 15) is 19.5 Å². The van der Waals surface area contributed by atoms with Crippen molar-refractivity contribution in [1.82, 2.24) is 5.43 Å². The van der Waals surface area contributed by atoms with E-state index in [0.717, 1.165) is 22.3 Å². The van der Waals surface area contributed by atoms with Crippen LogP contribution in [-0.2, 0) is 15.0 Å². The number of methoxy groups -OCH3 is 1. The lowest BCUT2D eigenvalue weighted by molar-refractivity contribution is -0.122. The smallest absolute Gasteiger partial charge is 0.275 e. The van der Waals surface area contributed by atoms with Crippen molar-refractivity contribution < 1.29 is 24.2 Å². The van der Waals surface area contributed by atoms with Crippen LogP contribution in [0.15, 0.2) is 102 Å². The van der Waals surface area contributed by atoms with Crippen molar-refractivity contribution in [3.05, 3.63) is 125 Å². The number of imide groups is 1. The number of carbonyl (C=O) groups is 3. The van der Waals surface area contributed by atoms with Crippen molar-refractivity contribution in [2.45, 2.75) is 11.3 Å². The second-order valence-electron chi connectivity index (χ2n) is 10.4. The highest BCUT2D eigenvalue weighted by Gasteiger charge is 2.68. The topological polar surface area (TPSA) is 108 Å². The first-order valence-corrected chi connectivity index (χ1v) is 13.3. The van der Waals surface area contributed by atoms with Gasteiger partial charge in [-0.2, -0.15) is 5.10 Å². The predicted octanol–water partition coefficient (Wildman–Crippen LogP) is 4.37. The molecule has 8 heteroatoms. The number of aromatic hydroxyl groups is 1. The van der Waals surface area contributed by atoms with E-state index in [1.54, 1.807) is 42.6 Å². The van der Waals surface area contributed by atoms with E-state index in [-0.39, 0.29) is 29.0 Å². The molecule has 8 nitrogen and oxygen atoms in total. The molecule has 4 aliphatic rings. The molecule has 0 saturated carbocycles. The molecule has 4 aromatic carbocycles. The number of hydrogen-bond acceptors (Lipinski definition) is 6. The summed E-state index contributed by atoms with van der Waals surface area (Å²) in [6, 6.07) is 28.8. The van der Waals surface area contributed by atoms with Crippen LogP contribution in [0.2, 0.25) is 0 Å². The van der Waals surface area contributed by atoms with E-state index < -0.39 is 23.2 Å². The molecule has 8 rings (SSSR count). The van der Waals surface area contributed by atoms with Crippen molar-refractivity contribution in [2.75, 3.05) is 12.0 Å². The summed E-state index contributed by atoms with van der Waals surface area (Å²) in [6.07, 6.45) is 1.59. The fourth-order valence-corrected chi connectivity index (χ4v) is 7.02. The average Bonchev–Trinajstić information content (AvgIpc) is 3.27. The third-order valence-corrected chi connectivity index (χ3v) is 8.59. The highest BCUT2D eigenvalue weighted by Crippen LogP contribution is 2.63. The number of benzene rings is 4. The third-order valence-electron chi connectivity index (χ3n) is 8.59. The number of nitrogens with one attached hydrogen (secondary N) is 1. The molecule has 0 spiro atoms. The molecule has 202 valence electrons. The van der Waals surface area contributed by atoms with Gasteiger partial charge >= 0.3 is 0 Å². The van der Waals surface area contributed by atoms with Crippen LogP contribution in [0.5, 0.6) is 11.5 Å². The lowest BCUT2D eigenvalue weighted by Gasteiger charge is -2.52. The number of ether oxygens (including phenoxy) is 1. The van der Waals surface area contributed by atoms with Crippen LogP contribution in [0.3, 0.4) is 0 Å². The molecule has 2 atom stereocenters. The number of hydrazone groups is 1. The number of para-hydroxylation sites is 3. The van der Waals surface area contributed by atoms with E-state index >= 15 is 0 Å². The van der Waals surface area contributed by atoms with E-state index in [4.69, 9.17) is 4.74 Å². The molecule has 0 radical (unpaired) electrons. The number of carbonyl (C=O) groups excluding carboxylic acids is 3. The van der Waals surface area contributed by atoms with Gasteiger partial charge in [0.1, 0.15) is 11.5 Å². The maximum absolute atomic E-state index is 14.5. The standard InChI is InChI=1S/C33H25N3O5/c1-41-26-17-9-7-15-24(26)36-31(39)28-27-19-10-2-5-13-22(19)33(29(28)32(36)40,23-14-6-3-11-20(23)27)18-34-35-30(38)21-12-4-8-16-25(21)37/h2-18,27-29,37H,1H3,(H,35,38). The lowest BCUT2D eigenvalue weighted by atomic mass is 9.47. The minimum atomic E-state index is -1.14. The number of nitrogens with zero attached hydrogens (tertiary/aromatic N) is 2. The lowest BCUT2D eigenvalue weighted by Crippen LogP contribution is -2.54. The molecule has 2 bridgehead atoms. The zero-order valence-electron chi connectivity index (χ0n) is 22.0. The molecule has 2 unspecified atom stereocenters. The van der Waals surface area contributed by atoms with Crippen molar-refractivity contribution in [3.8, 4) is 11.5 Å². The normalized spacial score (nSPS) is 23.7. The van der Waals surface area contributed by atoms with Crippen LogP contribution in [0, 0.1) is 11.8 Å². The number of rotatable bonds is 5. The second kappa shape index (κ2) is 9.16. The average molecular weight is 544 g/mol. The highest BCUT2D eigenvalue weighted by atomic mass is 16.5. The zero-order valence-corrected chi connectivity index (χ0v) is 22.0. The Kier molecular flexibility index (Phi) is 5.54. The molecule has 0 aromatic heterocycles. The Labute approximate surface area is 235 Å². The number of phenols is 1. The summed E-state index contributed by atoms with van der Waals surface area (Å²) in [6.45, 7) is 0. The molecular formula is C33H25N3O5. The summed E-state index contributed by atoms with van der Waals surface area (Å²) in [4.78, 5) is 42.9. The van der Waals surface area contributed by atoms with Crippen molar-refractivity contribution in [1.29, 1.82) is 0 Å². The van der Waals surface area contributed by atoms with Crippen LogP contribution in [-0.4, -0.2) is 36.2 Å². The van der Waals surface area contributed by atoms with Gasteiger partial charge in [-0.05, 0) is 46.5 Å². The molecule has 3 amide bonds. The Hall–Kier alpha value is -5.24. The summed E-state index contributed by atoms with van der Waals surface area (Å²) < 4.78 is 5.53. The molecule has 4 aromatic rings. The molecule has 1 fully saturated rings. The minimum absolute atomic E-state index is 0.0719. The Balaban J connectivity index is 1.42. The summed E-state index contributed by atoms with van der Waals surface area (Å²) in [7, 11) is 1.51. The zero-order chi connectivity index (χ0) is 28.3. The molecule has 1 saturated heterocycles. The van der Waals surface area contributed by atoms with Gasteiger partial charge in [0.05, 0.1) is 35.6 Å². The Bertz CT molecular complexity index is 1730. The predicted molar refractivity (Wildman–Crippen MR) is 152 cm³/mol. The summed E-state index contributed by atoms with van der Waals surface area (Å²) in [5.41, 5.74) is 5.51. The number of phenolic OH excluding ortho intramolecular Hbond substituents is 1. The van der Waals surface area contributed by atoms with Crippen molar-refractivity contribution >= 4 is 29.6 Å². The van der Waals surface area contributed by atoms with Gasteiger partial charge in [-0.15, -0.1) is 0 Å². The SMILES string of the molecule is COc1ccccc1N1C(=O)C2C3c4ccccc4C(C=NNC(=O)c4ccccc4O)(c4ccccc43)C2C1=O. The maximum Gasteiger partial charge on any atom is 0.275 e. The third kappa shape index (κ3) is 3.34. The fraction of sp³-hybridized carbons (Fsp3) is 0.152. The number of amides is 3. The fourth-order valence-electron chi connectivity index (χ4n) is 7.02. The number of hydrogen-bond donors (Lipinski definition) is 2. The Morgan fingerprint density at radius 1 is 0.878 bits per heavy atom. The first kappa shape index (κ1) is 24.8. The van der Waals surface area contributed by atoms with E-state index in [2.05, 4.69) is 10.5 Å². The van der Waals surface area contributed by atoms with Crippen molar-refractivity contribution in [2.24, 2.45) is 16.9 Å². The van der Waals surface area contributed by atoms with Crippen LogP contribution in [0.4, 0.5) is 5.69 Å². The Morgan fingerprint density at radius 3 is 2.17 bits per heavy atom. The molecular weight excluding hydrogens is 518 g/mol. The molecule has 1 aliphatic heterocycles. The van der Waals surface area contributed by atoms with Crippen LogP contribution >= 0.6 is 0 Å². The van der Waals surface area contributed by atoms with Gasteiger partial charge in [0.2, 0.25) is 11.8 Å². The molecule has 1 heterocycles. The number of anilines is 1. The van der Waals surface area contributed by atoms with E-state index in [1.165, 1.54) is 24.1 Å².